The van der Waals surface area contributed by atoms with Gasteiger partial charge >= 0.3 is 0 Å². The maximum Gasteiger partial charge on any atom is 0.0589 e. The second kappa shape index (κ2) is 5.64. The third kappa shape index (κ3) is 2.85. The maximum atomic E-state index is 5.23. The number of hydrogen-bond donors (Lipinski definition) is 0. The van der Waals surface area contributed by atoms with Crippen LogP contribution in [0.15, 0.2) is 18.2 Å². The van der Waals surface area contributed by atoms with Crippen molar-refractivity contribution in [1.82, 2.24) is 4.90 Å². The van der Waals surface area contributed by atoms with E-state index in [9.17, 15) is 0 Å². The second-order valence-electron chi connectivity index (χ2n) is 6.36. The van der Waals surface area contributed by atoms with Crippen LogP contribution in [0.3, 0.4) is 0 Å². The van der Waals surface area contributed by atoms with Crippen LogP contribution in [-0.2, 0) is 16.7 Å². The smallest absolute Gasteiger partial charge is 0.0589 e. The molecular weight excluding hydrogens is 234 g/mol. The fourth-order valence-electron chi connectivity index (χ4n) is 3.07. The van der Waals surface area contributed by atoms with Crippen LogP contribution in [0.1, 0.15) is 50.3 Å². The van der Waals surface area contributed by atoms with Crippen molar-refractivity contribution >= 4 is 0 Å². The Morgan fingerprint density at radius 2 is 2.05 bits per heavy atom. The van der Waals surface area contributed by atoms with Crippen molar-refractivity contribution in [1.29, 1.82) is 0 Å². The number of ether oxygens (including phenoxy) is 1. The average molecular weight is 261 g/mol. The molecule has 0 N–H and O–H groups in total. The van der Waals surface area contributed by atoms with Gasteiger partial charge < -0.3 is 4.74 Å². The molecule has 2 nitrogen and oxygen atoms in total. The molecule has 2 rings (SSSR count). The van der Waals surface area contributed by atoms with Crippen molar-refractivity contribution in [3.05, 3.63) is 34.9 Å². The first-order valence-electron chi connectivity index (χ1n) is 7.34. The van der Waals surface area contributed by atoms with Gasteiger partial charge in [-0.25, -0.2) is 0 Å². The lowest BCUT2D eigenvalue weighted by atomic mass is 9.81. The minimum Gasteiger partial charge on any atom is -0.383 e. The summed E-state index contributed by atoms with van der Waals surface area (Å²) in [5, 5.41) is 0. The molecule has 1 heterocycles. The van der Waals surface area contributed by atoms with Crippen LogP contribution in [0.2, 0.25) is 0 Å². The van der Waals surface area contributed by atoms with Crippen LogP contribution in [-0.4, -0.2) is 31.7 Å². The highest BCUT2D eigenvalue weighted by atomic mass is 16.5. The quantitative estimate of drug-likeness (QED) is 0.822. The van der Waals surface area contributed by atoms with Crippen molar-refractivity contribution in [2.75, 3.05) is 26.8 Å². The maximum absolute atomic E-state index is 5.23. The third-order valence-electron chi connectivity index (χ3n) is 4.46. The summed E-state index contributed by atoms with van der Waals surface area (Å²) in [5.41, 5.74) is 4.59. The van der Waals surface area contributed by atoms with Crippen LogP contribution < -0.4 is 0 Å². The zero-order valence-corrected chi connectivity index (χ0v) is 13.0. The predicted molar refractivity (Wildman–Crippen MR) is 80.7 cm³/mol. The minimum atomic E-state index is 0.113. The standard InChI is InChI=1S/C17H27NO/c1-13(2)14-6-7-16-15(12-14)8-9-18(10-11-19-5)17(16,3)4/h6-7,12-13H,8-11H2,1-5H3. The molecule has 2 heteroatoms. The first-order chi connectivity index (χ1) is 8.96. The van der Waals surface area contributed by atoms with Gasteiger partial charge in [0.1, 0.15) is 0 Å². The van der Waals surface area contributed by atoms with Crippen molar-refractivity contribution < 1.29 is 4.74 Å². The molecule has 0 aliphatic carbocycles. The van der Waals surface area contributed by atoms with Gasteiger partial charge in [0.2, 0.25) is 0 Å². The normalized spacial score (nSPS) is 18.6. The zero-order chi connectivity index (χ0) is 14.0. The van der Waals surface area contributed by atoms with Crippen LogP contribution >= 0.6 is 0 Å². The van der Waals surface area contributed by atoms with E-state index < -0.39 is 0 Å². The Labute approximate surface area is 117 Å². The SMILES string of the molecule is COCCN1CCc2cc(C(C)C)ccc2C1(C)C. The summed E-state index contributed by atoms with van der Waals surface area (Å²) in [5.74, 6) is 0.611. The van der Waals surface area contributed by atoms with Gasteiger partial charge in [0.05, 0.1) is 6.61 Å². The lowest BCUT2D eigenvalue weighted by Gasteiger charge is -2.44. The summed E-state index contributed by atoms with van der Waals surface area (Å²) in [6, 6.07) is 7.05. The van der Waals surface area contributed by atoms with E-state index in [2.05, 4.69) is 50.8 Å². The molecular formula is C17H27NO. The monoisotopic (exact) mass is 261 g/mol. The summed E-state index contributed by atoms with van der Waals surface area (Å²) in [7, 11) is 1.78. The van der Waals surface area contributed by atoms with Crippen molar-refractivity contribution in [2.45, 2.75) is 45.6 Å². The van der Waals surface area contributed by atoms with Crippen LogP contribution in [0, 0.1) is 0 Å². The second-order valence-corrected chi connectivity index (χ2v) is 6.36. The van der Waals surface area contributed by atoms with Crippen LogP contribution in [0.4, 0.5) is 0 Å². The molecule has 0 radical (unpaired) electrons. The molecule has 0 amide bonds. The van der Waals surface area contributed by atoms with Gasteiger partial charge in [0.15, 0.2) is 0 Å². The lowest BCUT2D eigenvalue weighted by molar-refractivity contribution is 0.0677. The van der Waals surface area contributed by atoms with E-state index in [4.69, 9.17) is 4.74 Å². The van der Waals surface area contributed by atoms with E-state index in [1.165, 1.54) is 16.7 Å². The third-order valence-corrected chi connectivity index (χ3v) is 4.46. The zero-order valence-electron chi connectivity index (χ0n) is 13.0. The molecule has 1 aromatic rings. The fourth-order valence-corrected chi connectivity index (χ4v) is 3.07. The van der Waals surface area contributed by atoms with Crippen molar-refractivity contribution in [2.24, 2.45) is 0 Å². The molecule has 0 spiro atoms. The van der Waals surface area contributed by atoms with E-state index >= 15 is 0 Å². The van der Waals surface area contributed by atoms with Crippen molar-refractivity contribution in [3.8, 4) is 0 Å². The van der Waals surface area contributed by atoms with E-state index in [-0.39, 0.29) is 5.54 Å². The Balaban J connectivity index is 2.29. The highest BCUT2D eigenvalue weighted by Crippen LogP contribution is 2.36. The van der Waals surface area contributed by atoms with Gasteiger partial charge in [-0.05, 0) is 42.9 Å². The molecule has 0 saturated carbocycles. The highest BCUT2D eigenvalue weighted by molar-refractivity contribution is 5.39. The topological polar surface area (TPSA) is 12.5 Å². The van der Waals surface area contributed by atoms with Gasteiger partial charge in [-0.2, -0.15) is 0 Å². The van der Waals surface area contributed by atoms with Gasteiger partial charge in [-0.15, -0.1) is 0 Å². The van der Waals surface area contributed by atoms with Crippen molar-refractivity contribution in [3.63, 3.8) is 0 Å². The van der Waals surface area contributed by atoms with Gasteiger partial charge in [-0.1, -0.05) is 32.0 Å². The number of fused-ring (bicyclic) bond motifs is 1. The number of benzene rings is 1. The molecule has 0 aromatic heterocycles. The molecule has 19 heavy (non-hydrogen) atoms. The molecule has 0 fully saturated rings. The van der Waals surface area contributed by atoms with E-state index in [1.54, 1.807) is 7.11 Å². The van der Waals surface area contributed by atoms with E-state index in [1.807, 2.05) is 0 Å². The number of nitrogens with zero attached hydrogens (tertiary/aromatic N) is 1. The Morgan fingerprint density at radius 3 is 2.68 bits per heavy atom. The van der Waals surface area contributed by atoms with E-state index in [0.717, 1.165) is 26.1 Å². The summed E-state index contributed by atoms with van der Waals surface area (Å²) in [6.07, 6.45) is 1.16. The predicted octanol–water partition coefficient (Wildman–Crippen LogP) is 3.55. The first kappa shape index (κ1) is 14.5. The molecule has 1 aromatic carbocycles. The molecule has 0 bridgehead atoms. The highest BCUT2D eigenvalue weighted by Gasteiger charge is 2.33. The Hall–Kier alpha value is -0.860. The van der Waals surface area contributed by atoms with Crippen LogP contribution in [0.5, 0.6) is 0 Å². The Kier molecular flexibility index (Phi) is 4.32. The summed E-state index contributed by atoms with van der Waals surface area (Å²) >= 11 is 0. The molecule has 0 unspecified atom stereocenters. The van der Waals surface area contributed by atoms with Crippen LogP contribution in [0.25, 0.3) is 0 Å². The number of rotatable bonds is 4. The molecule has 1 aliphatic rings. The summed E-state index contributed by atoms with van der Waals surface area (Å²) in [6.45, 7) is 12.1. The molecule has 1 aliphatic heterocycles. The Morgan fingerprint density at radius 1 is 1.32 bits per heavy atom. The lowest BCUT2D eigenvalue weighted by Crippen LogP contribution is -2.48. The summed E-state index contributed by atoms with van der Waals surface area (Å²) in [4.78, 5) is 2.54. The van der Waals surface area contributed by atoms with Gasteiger partial charge in [-0.3, -0.25) is 4.90 Å². The van der Waals surface area contributed by atoms with E-state index in [0.29, 0.717) is 5.92 Å². The Bertz CT molecular complexity index is 437. The summed E-state index contributed by atoms with van der Waals surface area (Å²) < 4.78 is 5.23. The first-order valence-corrected chi connectivity index (χ1v) is 7.34. The number of hydrogen-bond acceptors (Lipinski definition) is 2. The fraction of sp³-hybridized carbons (Fsp3) is 0.647. The largest absolute Gasteiger partial charge is 0.383 e. The molecule has 0 atom stereocenters. The molecule has 0 saturated heterocycles. The number of methoxy groups -OCH3 is 1. The van der Waals surface area contributed by atoms with Gasteiger partial charge in [0.25, 0.3) is 0 Å². The van der Waals surface area contributed by atoms with Gasteiger partial charge in [0, 0.05) is 25.7 Å². The molecule has 106 valence electrons. The average Bonchev–Trinajstić information content (AvgIpc) is 2.37. The minimum absolute atomic E-state index is 0.113.